The number of nitrogens with zero attached hydrogens (tertiary/aromatic N) is 1. The molecular formula is C58H37N. The van der Waals surface area contributed by atoms with Crippen LogP contribution in [0.25, 0.3) is 98.0 Å². The van der Waals surface area contributed by atoms with E-state index in [1.54, 1.807) is 0 Å². The SMILES string of the molecule is c1ccc(-c2ccc(-c3ccc(N(c4ccc(-c5ccccc5)cc4)c4cc5ccc6cccc7c8cccc9ccc%10cccc(c(c4)c5c67)c%10c98)cc3)cc2)cc1. The Bertz CT molecular complexity index is 3490. The highest BCUT2D eigenvalue weighted by atomic mass is 15.1. The Labute approximate surface area is 343 Å². The van der Waals surface area contributed by atoms with Gasteiger partial charge in [-0.15, -0.1) is 0 Å². The molecule has 0 bridgehead atoms. The van der Waals surface area contributed by atoms with E-state index in [-0.39, 0.29) is 0 Å². The maximum atomic E-state index is 2.45. The molecule has 0 heterocycles. The van der Waals surface area contributed by atoms with E-state index in [2.05, 4.69) is 229 Å². The fourth-order valence-corrected chi connectivity index (χ4v) is 9.57. The molecule has 274 valence electrons. The van der Waals surface area contributed by atoms with Crippen molar-refractivity contribution < 1.29 is 0 Å². The van der Waals surface area contributed by atoms with E-state index in [0.717, 1.165) is 17.1 Å². The van der Waals surface area contributed by atoms with Crippen LogP contribution in [-0.4, -0.2) is 0 Å². The highest BCUT2D eigenvalue weighted by molar-refractivity contribution is 6.37. The predicted octanol–water partition coefficient (Wildman–Crippen LogP) is 16.5. The summed E-state index contributed by atoms with van der Waals surface area (Å²) in [4.78, 5) is 2.43. The van der Waals surface area contributed by atoms with Gasteiger partial charge in [-0.05, 0) is 134 Å². The molecule has 0 spiro atoms. The van der Waals surface area contributed by atoms with Crippen molar-refractivity contribution in [2.24, 2.45) is 0 Å². The summed E-state index contributed by atoms with van der Waals surface area (Å²) >= 11 is 0. The van der Waals surface area contributed by atoms with Crippen molar-refractivity contribution in [1.29, 1.82) is 0 Å². The first kappa shape index (κ1) is 33.4. The van der Waals surface area contributed by atoms with Crippen LogP contribution in [0.5, 0.6) is 0 Å². The zero-order valence-electron chi connectivity index (χ0n) is 32.3. The van der Waals surface area contributed by atoms with Crippen LogP contribution in [0.4, 0.5) is 17.1 Å². The highest BCUT2D eigenvalue weighted by Crippen LogP contribution is 2.46. The summed E-state index contributed by atoms with van der Waals surface area (Å²) in [5.74, 6) is 0. The van der Waals surface area contributed by atoms with Crippen LogP contribution in [0.2, 0.25) is 0 Å². The normalized spacial score (nSPS) is 11.7. The van der Waals surface area contributed by atoms with Crippen molar-refractivity contribution in [3.63, 3.8) is 0 Å². The Balaban J connectivity index is 1.09. The van der Waals surface area contributed by atoms with Crippen molar-refractivity contribution in [3.05, 3.63) is 224 Å². The maximum Gasteiger partial charge on any atom is 0.0474 e. The predicted molar refractivity (Wildman–Crippen MR) is 254 cm³/mol. The highest BCUT2D eigenvalue weighted by Gasteiger charge is 2.19. The summed E-state index contributed by atoms with van der Waals surface area (Å²) in [7, 11) is 0. The smallest absolute Gasteiger partial charge is 0.0474 e. The molecular weight excluding hydrogens is 711 g/mol. The Morgan fingerprint density at radius 2 is 0.542 bits per heavy atom. The minimum atomic E-state index is 1.10. The molecule has 0 aliphatic heterocycles. The summed E-state index contributed by atoms with van der Waals surface area (Å²) in [5, 5.41) is 15.4. The first-order valence-electron chi connectivity index (χ1n) is 20.4. The van der Waals surface area contributed by atoms with Gasteiger partial charge in [0, 0.05) is 17.1 Å². The van der Waals surface area contributed by atoms with Gasteiger partial charge in [0.2, 0.25) is 0 Å². The number of rotatable bonds is 6. The molecule has 0 aliphatic rings. The standard InChI is InChI=1S/C58H37N/c1-3-10-38(11-4-1)40-20-22-41(23-21-40)43-30-34-49(35-31-43)59(48-32-28-42(29-33-48)39-12-5-2-6-13-39)50-36-47-27-26-46-15-8-18-52-51-17-7-14-44-24-25-45-16-9-19-53(57(45)55(44)51)54(37-50)58(47)56(46)52/h1-37H. The monoisotopic (exact) mass is 747 g/mol. The van der Waals surface area contributed by atoms with Gasteiger partial charge in [-0.3, -0.25) is 0 Å². The van der Waals surface area contributed by atoms with E-state index in [9.17, 15) is 0 Å². The zero-order valence-corrected chi connectivity index (χ0v) is 32.3. The van der Waals surface area contributed by atoms with E-state index in [1.807, 2.05) is 0 Å². The number of hydrogen-bond acceptors (Lipinski definition) is 1. The molecule has 0 amide bonds. The molecule has 12 aromatic carbocycles. The van der Waals surface area contributed by atoms with Gasteiger partial charge >= 0.3 is 0 Å². The molecule has 1 nitrogen and oxygen atoms in total. The molecule has 12 aromatic rings. The third-order valence-electron chi connectivity index (χ3n) is 12.4. The van der Waals surface area contributed by atoms with Gasteiger partial charge in [-0.25, -0.2) is 0 Å². The lowest BCUT2D eigenvalue weighted by molar-refractivity contribution is 1.29. The van der Waals surface area contributed by atoms with Crippen LogP contribution < -0.4 is 4.90 Å². The summed E-state index contributed by atoms with van der Waals surface area (Å²) in [5.41, 5.74) is 10.6. The second-order valence-corrected chi connectivity index (χ2v) is 15.7. The minimum absolute atomic E-state index is 1.10. The Kier molecular flexibility index (Phi) is 7.61. The molecule has 1 heteroatoms. The Morgan fingerprint density at radius 1 is 0.203 bits per heavy atom. The molecule has 0 unspecified atom stereocenters. The second-order valence-electron chi connectivity index (χ2n) is 15.7. The van der Waals surface area contributed by atoms with Crippen molar-refractivity contribution in [2.45, 2.75) is 0 Å². The van der Waals surface area contributed by atoms with Crippen molar-refractivity contribution in [2.75, 3.05) is 4.90 Å². The number of benzene rings is 11. The van der Waals surface area contributed by atoms with Gasteiger partial charge < -0.3 is 4.90 Å². The van der Waals surface area contributed by atoms with E-state index in [4.69, 9.17) is 0 Å². The van der Waals surface area contributed by atoms with Crippen LogP contribution in [0.15, 0.2) is 224 Å². The average Bonchev–Trinajstić information content (AvgIpc) is 3.31. The van der Waals surface area contributed by atoms with Gasteiger partial charge in [0.1, 0.15) is 0 Å². The van der Waals surface area contributed by atoms with E-state index < -0.39 is 0 Å². The largest absolute Gasteiger partial charge is 0.310 e. The van der Waals surface area contributed by atoms with E-state index in [0.29, 0.717) is 0 Å². The Morgan fingerprint density at radius 3 is 0.966 bits per heavy atom. The van der Waals surface area contributed by atoms with Gasteiger partial charge in [0.05, 0.1) is 0 Å². The zero-order chi connectivity index (χ0) is 38.9. The summed E-state index contributed by atoms with van der Waals surface area (Å²) in [6, 6.07) is 82.7. The molecule has 0 aliphatic carbocycles. The second kappa shape index (κ2) is 13.4. The molecule has 0 radical (unpaired) electrons. The third kappa shape index (κ3) is 5.47. The van der Waals surface area contributed by atoms with E-state index in [1.165, 1.54) is 98.0 Å². The molecule has 59 heavy (non-hydrogen) atoms. The Hall–Kier alpha value is -7.74. The van der Waals surface area contributed by atoms with Crippen LogP contribution in [-0.2, 0) is 0 Å². The van der Waals surface area contributed by atoms with Gasteiger partial charge in [-0.1, -0.05) is 188 Å². The summed E-state index contributed by atoms with van der Waals surface area (Å²) in [6.45, 7) is 0. The number of anilines is 3. The maximum absolute atomic E-state index is 2.45. The van der Waals surface area contributed by atoms with Crippen LogP contribution >= 0.6 is 0 Å². The van der Waals surface area contributed by atoms with Crippen LogP contribution in [0.3, 0.4) is 0 Å². The molecule has 0 atom stereocenters. The third-order valence-corrected chi connectivity index (χ3v) is 12.4. The van der Waals surface area contributed by atoms with Crippen molar-refractivity contribution in [1.82, 2.24) is 0 Å². The lowest BCUT2D eigenvalue weighted by atomic mass is 9.87. The van der Waals surface area contributed by atoms with Crippen molar-refractivity contribution >= 4 is 81.7 Å². The van der Waals surface area contributed by atoms with Crippen LogP contribution in [0.1, 0.15) is 0 Å². The molecule has 0 N–H and O–H groups in total. The number of fused-ring (bicyclic) bond motifs is 2. The summed E-state index contributed by atoms with van der Waals surface area (Å²) in [6.07, 6.45) is 0. The topological polar surface area (TPSA) is 3.24 Å². The first-order valence-corrected chi connectivity index (χ1v) is 20.4. The fourth-order valence-electron chi connectivity index (χ4n) is 9.57. The lowest BCUT2D eigenvalue weighted by Gasteiger charge is -2.27. The number of hydrogen-bond donors (Lipinski definition) is 0. The van der Waals surface area contributed by atoms with E-state index >= 15 is 0 Å². The van der Waals surface area contributed by atoms with Gasteiger partial charge in [0.15, 0.2) is 0 Å². The molecule has 12 rings (SSSR count). The van der Waals surface area contributed by atoms with Gasteiger partial charge in [0.25, 0.3) is 0 Å². The lowest BCUT2D eigenvalue weighted by Crippen LogP contribution is -2.10. The van der Waals surface area contributed by atoms with Gasteiger partial charge in [-0.2, -0.15) is 0 Å². The average molecular weight is 748 g/mol. The minimum Gasteiger partial charge on any atom is -0.310 e. The summed E-state index contributed by atoms with van der Waals surface area (Å²) < 4.78 is 0. The first-order chi connectivity index (χ1) is 29.2. The quantitative estimate of drug-likeness (QED) is 0.153. The molecule has 0 saturated heterocycles. The van der Waals surface area contributed by atoms with Crippen LogP contribution in [0, 0.1) is 0 Å². The molecule has 0 saturated carbocycles. The fraction of sp³-hybridized carbons (Fsp3) is 0. The molecule has 0 aromatic heterocycles. The van der Waals surface area contributed by atoms with Crippen molar-refractivity contribution in [3.8, 4) is 33.4 Å². The molecule has 0 fully saturated rings.